The average Bonchev–Trinajstić information content (AvgIpc) is 2.94. The van der Waals surface area contributed by atoms with Crippen LogP contribution in [0.15, 0.2) is 11.4 Å². The lowest BCUT2D eigenvalue weighted by molar-refractivity contribution is 0.0705. The van der Waals surface area contributed by atoms with Crippen LogP contribution in [0.4, 0.5) is 11.8 Å². The Balaban J connectivity index is 1.84. The maximum absolute atomic E-state index is 5.40. The van der Waals surface area contributed by atoms with E-state index in [1.165, 1.54) is 0 Å². The minimum atomic E-state index is 0.416. The number of fused-ring (bicyclic) bond motifs is 1. The van der Waals surface area contributed by atoms with E-state index in [1.807, 2.05) is 11.4 Å². The summed E-state index contributed by atoms with van der Waals surface area (Å²) in [5.74, 6) is 6.58. The molecule has 0 fully saturated rings. The molecule has 0 bridgehead atoms. The van der Waals surface area contributed by atoms with Crippen LogP contribution >= 0.6 is 11.3 Å². The largest absolute Gasteiger partial charge is 0.382 e. The molecule has 0 aromatic carbocycles. The molecular weight excluding hydrogens is 278 g/mol. The predicted molar refractivity (Wildman–Crippen MR) is 81.0 cm³/mol. The summed E-state index contributed by atoms with van der Waals surface area (Å²) in [5.41, 5.74) is 2.48. The highest BCUT2D eigenvalue weighted by molar-refractivity contribution is 7.16. The van der Waals surface area contributed by atoms with Gasteiger partial charge in [0.1, 0.15) is 10.6 Å². The number of hydrogen-bond acceptors (Lipinski definition) is 8. The zero-order valence-corrected chi connectivity index (χ0v) is 12.2. The highest BCUT2D eigenvalue weighted by Gasteiger charge is 2.07. The number of ether oxygens (including phenoxy) is 2. The fourth-order valence-corrected chi connectivity index (χ4v) is 2.44. The quantitative estimate of drug-likeness (QED) is 0.366. The molecule has 0 amide bonds. The van der Waals surface area contributed by atoms with Crippen molar-refractivity contribution in [1.29, 1.82) is 0 Å². The number of nitrogens with zero attached hydrogens (tertiary/aromatic N) is 2. The van der Waals surface area contributed by atoms with Gasteiger partial charge in [-0.2, -0.15) is 4.98 Å². The second kappa shape index (κ2) is 7.95. The summed E-state index contributed by atoms with van der Waals surface area (Å²) in [6.45, 7) is 2.72. The van der Waals surface area contributed by atoms with Gasteiger partial charge >= 0.3 is 0 Å². The lowest BCUT2D eigenvalue weighted by Gasteiger charge is -2.08. The lowest BCUT2D eigenvalue weighted by atomic mass is 10.3. The second-order valence-corrected chi connectivity index (χ2v) is 4.96. The molecule has 8 heteroatoms. The fraction of sp³-hybridized carbons (Fsp3) is 0.500. The third-order valence-corrected chi connectivity index (χ3v) is 3.45. The number of hydrogen-bond donors (Lipinski definition) is 3. The van der Waals surface area contributed by atoms with Crippen LogP contribution in [0.2, 0.25) is 0 Å². The summed E-state index contributed by atoms with van der Waals surface area (Å²) in [6.07, 6.45) is 0.894. The van der Waals surface area contributed by atoms with E-state index in [0.29, 0.717) is 25.8 Å². The van der Waals surface area contributed by atoms with Crippen molar-refractivity contribution in [3.63, 3.8) is 0 Å². The SMILES string of the molecule is COCCOCCCNc1nc(NN)nc2sccc12. The van der Waals surface area contributed by atoms with Crippen molar-refractivity contribution in [2.45, 2.75) is 6.42 Å². The maximum atomic E-state index is 5.40. The molecule has 0 spiro atoms. The number of rotatable bonds is 9. The fourth-order valence-electron chi connectivity index (χ4n) is 1.68. The molecule has 0 aliphatic heterocycles. The molecule has 7 nitrogen and oxygen atoms in total. The molecule has 2 heterocycles. The summed E-state index contributed by atoms with van der Waals surface area (Å²) >= 11 is 1.56. The lowest BCUT2D eigenvalue weighted by Crippen LogP contribution is -2.13. The van der Waals surface area contributed by atoms with Crippen molar-refractivity contribution in [2.24, 2.45) is 5.84 Å². The number of hydrazine groups is 1. The Hall–Kier alpha value is -1.48. The van der Waals surface area contributed by atoms with Crippen molar-refractivity contribution < 1.29 is 9.47 Å². The first-order valence-corrected chi connectivity index (χ1v) is 7.25. The Labute approximate surface area is 121 Å². The van der Waals surface area contributed by atoms with Gasteiger partial charge in [0, 0.05) is 20.3 Å². The molecule has 2 aromatic rings. The van der Waals surface area contributed by atoms with Crippen LogP contribution in [-0.4, -0.2) is 43.4 Å². The number of nitrogen functional groups attached to an aromatic ring is 1. The molecule has 0 aliphatic rings. The van der Waals surface area contributed by atoms with E-state index in [-0.39, 0.29) is 0 Å². The number of nitrogens with two attached hydrogens (primary N) is 1. The number of anilines is 2. The van der Waals surface area contributed by atoms with Crippen LogP contribution in [-0.2, 0) is 9.47 Å². The summed E-state index contributed by atoms with van der Waals surface area (Å²) < 4.78 is 10.3. The van der Waals surface area contributed by atoms with Crippen molar-refractivity contribution in [2.75, 3.05) is 44.2 Å². The number of thiophene rings is 1. The van der Waals surface area contributed by atoms with Gasteiger partial charge in [-0.25, -0.2) is 10.8 Å². The first-order chi connectivity index (χ1) is 9.85. The first kappa shape index (κ1) is 14.9. The molecule has 0 saturated carbocycles. The maximum Gasteiger partial charge on any atom is 0.240 e. The molecule has 0 aliphatic carbocycles. The van der Waals surface area contributed by atoms with Crippen LogP contribution < -0.4 is 16.6 Å². The van der Waals surface area contributed by atoms with E-state index in [1.54, 1.807) is 18.4 Å². The van der Waals surface area contributed by atoms with E-state index in [9.17, 15) is 0 Å². The average molecular weight is 297 g/mol. The molecule has 110 valence electrons. The number of aromatic nitrogens is 2. The summed E-state index contributed by atoms with van der Waals surface area (Å²) in [6, 6.07) is 2.00. The van der Waals surface area contributed by atoms with Gasteiger partial charge in [-0.1, -0.05) is 0 Å². The molecule has 0 atom stereocenters. The summed E-state index contributed by atoms with van der Waals surface area (Å²) in [5, 5.41) is 6.28. The molecular formula is C12H19N5O2S. The van der Waals surface area contributed by atoms with Crippen LogP contribution in [0, 0.1) is 0 Å². The minimum absolute atomic E-state index is 0.416. The van der Waals surface area contributed by atoms with E-state index in [2.05, 4.69) is 20.7 Å². The highest BCUT2D eigenvalue weighted by atomic mass is 32.1. The highest BCUT2D eigenvalue weighted by Crippen LogP contribution is 2.26. The Kier molecular flexibility index (Phi) is 5.93. The van der Waals surface area contributed by atoms with Gasteiger partial charge in [0.25, 0.3) is 0 Å². The normalized spacial score (nSPS) is 10.9. The zero-order chi connectivity index (χ0) is 14.2. The third kappa shape index (κ3) is 4.01. The van der Waals surface area contributed by atoms with E-state index in [0.717, 1.165) is 29.0 Å². The van der Waals surface area contributed by atoms with E-state index < -0.39 is 0 Å². The molecule has 20 heavy (non-hydrogen) atoms. The van der Waals surface area contributed by atoms with Crippen LogP contribution in [0.3, 0.4) is 0 Å². The van der Waals surface area contributed by atoms with Crippen LogP contribution in [0.5, 0.6) is 0 Å². The molecule has 2 aromatic heterocycles. The smallest absolute Gasteiger partial charge is 0.240 e. The molecule has 4 N–H and O–H groups in total. The van der Waals surface area contributed by atoms with Crippen LogP contribution in [0.25, 0.3) is 10.2 Å². The van der Waals surface area contributed by atoms with Crippen molar-refractivity contribution in [3.8, 4) is 0 Å². The Morgan fingerprint density at radius 2 is 2.20 bits per heavy atom. The van der Waals surface area contributed by atoms with E-state index >= 15 is 0 Å². The monoisotopic (exact) mass is 297 g/mol. The van der Waals surface area contributed by atoms with Gasteiger partial charge in [-0.15, -0.1) is 11.3 Å². The number of nitrogens with one attached hydrogen (secondary N) is 2. The van der Waals surface area contributed by atoms with Gasteiger partial charge in [0.15, 0.2) is 0 Å². The topological polar surface area (TPSA) is 94.3 Å². The predicted octanol–water partition coefficient (Wildman–Crippen LogP) is 1.44. The van der Waals surface area contributed by atoms with Crippen molar-refractivity contribution >= 4 is 33.3 Å². The van der Waals surface area contributed by atoms with Gasteiger partial charge in [-0.05, 0) is 17.9 Å². The molecule has 0 unspecified atom stereocenters. The van der Waals surface area contributed by atoms with Gasteiger partial charge in [-0.3, -0.25) is 5.43 Å². The van der Waals surface area contributed by atoms with E-state index in [4.69, 9.17) is 15.3 Å². The van der Waals surface area contributed by atoms with Gasteiger partial charge < -0.3 is 14.8 Å². The second-order valence-electron chi connectivity index (χ2n) is 4.07. The number of methoxy groups -OCH3 is 1. The summed E-state index contributed by atoms with van der Waals surface area (Å²) in [7, 11) is 1.66. The van der Waals surface area contributed by atoms with Crippen molar-refractivity contribution in [3.05, 3.63) is 11.4 Å². The van der Waals surface area contributed by atoms with Crippen LogP contribution in [0.1, 0.15) is 6.42 Å². The summed E-state index contributed by atoms with van der Waals surface area (Å²) in [4.78, 5) is 9.52. The molecule has 2 rings (SSSR count). The molecule has 0 saturated heterocycles. The minimum Gasteiger partial charge on any atom is -0.382 e. The Morgan fingerprint density at radius 1 is 1.30 bits per heavy atom. The zero-order valence-electron chi connectivity index (χ0n) is 11.4. The third-order valence-electron chi connectivity index (χ3n) is 2.64. The molecule has 0 radical (unpaired) electrons. The Bertz CT molecular complexity index is 534. The Morgan fingerprint density at radius 3 is 3.00 bits per heavy atom. The van der Waals surface area contributed by atoms with Gasteiger partial charge in [0.2, 0.25) is 5.95 Å². The first-order valence-electron chi connectivity index (χ1n) is 6.37. The van der Waals surface area contributed by atoms with Gasteiger partial charge in [0.05, 0.1) is 18.6 Å². The standard InChI is InChI=1S/C12H19N5O2S/c1-18-6-7-19-5-2-4-14-10-9-3-8-20-11(9)16-12(15-10)17-13/h3,8H,2,4-7,13H2,1H3,(H2,14,15,16,17). The van der Waals surface area contributed by atoms with Crippen molar-refractivity contribution in [1.82, 2.24) is 9.97 Å².